The summed E-state index contributed by atoms with van der Waals surface area (Å²) in [7, 11) is 3.01. The minimum absolute atomic E-state index is 0.0304. The van der Waals surface area contributed by atoms with Crippen LogP contribution in [0, 0.1) is 0 Å². The van der Waals surface area contributed by atoms with Crippen LogP contribution < -0.4 is 14.2 Å². The lowest BCUT2D eigenvalue weighted by molar-refractivity contribution is -0.208. The number of aliphatic hydroxyl groups is 1. The van der Waals surface area contributed by atoms with Gasteiger partial charge in [-0.1, -0.05) is 12.1 Å². The highest BCUT2D eigenvalue weighted by Crippen LogP contribution is 2.43. The number of ether oxygens (including phenoxy) is 3. The summed E-state index contributed by atoms with van der Waals surface area (Å²) in [6.45, 7) is -0.0304. The maximum atomic E-state index is 13.2. The lowest BCUT2D eigenvalue weighted by atomic mass is 10.1. The molecule has 0 amide bonds. The smallest absolute Gasteiger partial charge is 0.420 e. The van der Waals surface area contributed by atoms with Crippen molar-refractivity contribution in [3.63, 3.8) is 0 Å². The normalized spacial score (nSPS) is 12.7. The third kappa shape index (κ3) is 4.56. The van der Waals surface area contributed by atoms with E-state index < -0.39 is 18.0 Å². The maximum absolute atomic E-state index is 13.2. The second kappa shape index (κ2) is 8.46. The molecular formula is C20H17BrF3NO4. The van der Waals surface area contributed by atoms with E-state index in [1.54, 1.807) is 36.4 Å². The first-order chi connectivity index (χ1) is 13.7. The summed E-state index contributed by atoms with van der Waals surface area (Å²) in [6, 6.07) is 11.6. The molecule has 9 heteroatoms. The van der Waals surface area contributed by atoms with Gasteiger partial charge in [-0.2, -0.15) is 13.2 Å². The van der Waals surface area contributed by atoms with Gasteiger partial charge in [0, 0.05) is 5.39 Å². The molecule has 5 nitrogen and oxygen atoms in total. The number of aromatic nitrogens is 1. The van der Waals surface area contributed by atoms with Crippen LogP contribution in [0.2, 0.25) is 0 Å². The van der Waals surface area contributed by atoms with Crippen molar-refractivity contribution in [2.75, 3.05) is 14.2 Å². The zero-order chi connectivity index (χ0) is 21.2. The largest absolute Gasteiger partial charge is 0.497 e. The molecular weight excluding hydrogens is 455 g/mol. The molecule has 0 spiro atoms. The van der Waals surface area contributed by atoms with E-state index in [-0.39, 0.29) is 22.3 Å². The van der Waals surface area contributed by atoms with Crippen molar-refractivity contribution in [2.45, 2.75) is 18.9 Å². The third-order valence-electron chi connectivity index (χ3n) is 4.22. The van der Waals surface area contributed by atoms with Gasteiger partial charge in [0.25, 0.3) is 0 Å². The number of methoxy groups -OCH3 is 2. The van der Waals surface area contributed by atoms with E-state index in [2.05, 4.69) is 20.9 Å². The number of pyridine rings is 1. The standard InChI is InChI=1S/C20H17BrF3NO4/c1-27-12-5-3-11(4-6-12)10-29-18-16(21)14-9-13(28-2)7-8-15(14)25-17(18)19(26)20(22,23)24/h3-9,19,26H,10H2,1-2H3. The van der Waals surface area contributed by atoms with E-state index in [9.17, 15) is 18.3 Å². The fourth-order valence-corrected chi connectivity index (χ4v) is 3.32. The second-order valence-corrected chi connectivity index (χ2v) is 6.90. The van der Waals surface area contributed by atoms with Crippen molar-refractivity contribution < 1.29 is 32.5 Å². The van der Waals surface area contributed by atoms with Gasteiger partial charge in [-0.15, -0.1) is 0 Å². The monoisotopic (exact) mass is 471 g/mol. The molecule has 1 N–H and O–H groups in total. The highest BCUT2D eigenvalue weighted by Gasteiger charge is 2.43. The molecule has 2 aromatic carbocycles. The molecule has 154 valence electrons. The van der Waals surface area contributed by atoms with Crippen LogP contribution in [-0.2, 0) is 6.61 Å². The first-order valence-corrected chi connectivity index (χ1v) is 9.21. The predicted octanol–water partition coefficient (Wildman–Crippen LogP) is 5.19. The Morgan fingerprint density at radius 2 is 1.66 bits per heavy atom. The predicted molar refractivity (Wildman–Crippen MR) is 104 cm³/mol. The van der Waals surface area contributed by atoms with Crippen molar-refractivity contribution in [2.24, 2.45) is 0 Å². The van der Waals surface area contributed by atoms with Crippen LogP contribution in [0.4, 0.5) is 13.2 Å². The van der Waals surface area contributed by atoms with Gasteiger partial charge < -0.3 is 19.3 Å². The molecule has 1 unspecified atom stereocenters. The van der Waals surface area contributed by atoms with Gasteiger partial charge in [-0.05, 0) is 51.8 Å². The number of halogens is 4. The van der Waals surface area contributed by atoms with Crippen molar-refractivity contribution in [3.05, 3.63) is 58.2 Å². The molecule has 1 aromatic heterocycles. The number of hydrogen-bond acceptors (Lipinski definition) is 5. The Bertz CT molecular complexity index is 1010. The van der Waals surface area contributed by atoms with Gasteiger partial charge >= 0.3 is 6.18 Å². The molecule has 29 heavy (non-hydrogen) atoms. The first kappa shape index (κ1) is 21.2. The average molecular weight is 472 g/mol. The van der Waals surface area contributed by atoms with Gasteiger partial charge in [0.1, 0.15) is 23.8 Å². The minimum Gasteiger partial charge on any atom is -0.497 e. The van der Waals surface area contributed by atoms with E-state index >= 15 is 0 Å². The van der Waals surface area contributed by atoms with Crippen molar-refractivity contribution in [1.82, 2.24) is 4.98 Å². The van der Waals surface area contributed by atoms with Gasteiger partial charge in [0.05, 0.1) is 24.2 Å². The molecule has 0 radical (unpaired) electrons. The Kier molecular flexibility index (Phi) is 6.18. The molecule has 3 aromatic rings. The maximum Gasteiger partial charge on any atom is 0.420 e. The van der Waals surface area contributed by atoms with Crippen molar-refractivity contribution in [3.8, 4) is 17.2 Å². The van der Waals surface area contributed by atoms with Crippen LogP contribution >= 0.6 is 15.9 Å². The Labute approximate surface area is 173 Å². The summed E-state index contributed by atoms with van der Waals surface area (Å²) >= 11 is 3.31. The SMILES string of the molecule is COc1ccc(COc2c(C(O)C(F)(F)F)nc3ccc(OC)cc3c2Br)cc1. The molecule has 0 fully saturated rings. The lowest BCUT2D eigenvalue weighted by Gasteiger charge is -2.20. The molecule has 3 rings (SSSR count). The summed E-state index contributed by atoms with van der Waals surface area (Å²) in [4.78, 5) is 4.02. The van der Waals surface area contributed by atoms with E-state index in [1.807, 2.05) is 0 Å². The van der Waals surface area contributed by atoms with Gasteiger partial charge in [0.2, 0.25) is 0 Å². The Morgan fingerprint density at radius 3 is 2.24 bits per heavy atom. The minimum atomic E-state index is -4.90. The van der Waals surface area contributed by atoms with Crippen LogP contribution in [0.5, 0.6) is 17.2 Å². The van der Waals surface area contributed by atoms with E-state index in [0.717, 1.165) is 0 Å². The molecule has 0 aliphatic rings. The number of rotatable bonds is 6. The number of hydrogen-bond donors (Lipinski definition) is 1. The number of fused-ring (bicyclic) bond motifs is 1. The van der Waals surface area contributed by atoms with Crippen LogP contribution in [0.3, 0.4) is 0 Å². The molecule has 0 saturated carbocycles. The summed E-state index contributed by atoms with van der Waals surface area (Å²) < 4.78 is 55.8. The molecule has 1 heterocycles. The summed E-state index contributed by atoms with van der Waals surface area (Å²) in [5, 5.41) is 10.4. The third-order valence-corrected chi connectivity index (χ3v) is 5.01. The van der Waals surface area contributed by atoms with Gasteiger partial charge in [0.15, 0.2) is 11.9 Å². The van der Waals surface area contributed by atoms with E-state index in [4.69, 9.17) is 14.2 Å². The van der Waals surface area contributed by atoms with Crippen LogP contribution in [0.15, 0.2) is 46.9 Å². The Balaban J connectivity index is 2.06. The second-order valence-electron chi connectivity index (χ2n) is 6.10. The zero-order valence-electron chi connectivity index (χ0n) is 15.5. The van der Waals surface area contributed by atoms with Crippen molar-refractivity contribution >= 4 is 26.8 Å². The quantitative estimate of drug-likeness (QED) is 0.535. The fraction of sp³-hybridized carbons (Fsp3) is 0.250. The zero-order valence-corrected chi connectivity index (χ0v) is 17.0. The fourth-order valence-electron chi connectivity index (χ4n) is 2.69. The molecule has 0 bridgehead atoms. The van der Waals surface area contributed by atoms with Gasteiger partial charge in [-0.25, -0.2) is 4.98 Å². The highest BCUT2D eigenvalue weighted by atomic mass is 79.9. The molecule has 0 aliphatic heterocycles. The van der Waals surface area contributed by atoms with Crippen LogP contribution in [-0.4, -0.2) is 30.5 Å². The number of alkyl halides is 3. The summed E-state index contributed by atoms with van der Waals surface area (Å²) in [5.74, 6) is 0.958. The average Bonchev–Trinajstić information content (AvgIpc) is 2.71. The Morgan fingerprint density at radius 1 is 1.03 bits per heavy atom. The number of nitrogens with zero attached hydrogens (tertiary/aromatic N) is 1. The summed E-state index contributed by atoms with van der Waals surface area (Å²) in [5.41, 5.74) is 0.346. The van der Waals surface area contributed by atoms with Crippen molar-refractivity contribution in [1.29, 1.82) is 0 Å². The number of benzene rings is 2. The topological polar surface area (TPSA) is 60.8 Å². The summed E-state index contributed by atoms with van der Waals surface area (Å²) in [6.07, 6.45) is -7.69. The lowest BCUT2D eigenvalue weighted by Crippen LogP contribution is -2.22. The van der Waals surface area contributed by atoms with E-state index in [0.29, 0.717) is 22.4 Å². The molecule has 1 atom stereocenters. The van der Waals surface area contributed by atoms with Crippen LogP contribution in [0.25, 0.3) is 10.9 Å². The van der Waals surface area contributed by atoms with Gasteiger partial charge in [-0.3, -0.25) is 0 Å². The molecule has 0 aliphatic carbocycles. The Hall–Kier alpha value is -2.52. The van der Waals surface area contributed by atoms with Crippen LogP contribution in [0.1, 0.15) is 17.4 Å². The number of aliphatic hydroxyl groups excluding tert-OH is 1. The van der Waals surface area contributed by atoms with E-state index in [1.165, 1.54) is 20.3 Å². The highest BCUT2D eigenvalue weighted by molar-refractivity contribution is 9.10. The first-order valence-electron chi connectivity index (χ1n) is 8.42. The molecule has 0 saturated heterocycles.